The van der Waals surface area contributed by atoms with Crippen molar-refractivity contribution in [2.45, 2.75) is 50.7 Å². The third-order valence-electron chi connectivity index (χ3n) is 7.23. The highest BCUT2D eigenvalue weighted by Crippen LogP contribution is 2.30. The molecule has 1 unspecified atom stereocenters. The fourth-order valence-electron chi connectivity index (χ4n) is 5.03. The van der Waals surface area contributed by atoms with E-state index < -0.39 is 28.5 Å². The average molecular weight is 671 g/mol. The van der Waals surface area contributed by atoms with E-state index in [1.807, 2.05) is 30.3 Å². The van der Waals surface area contributed by atoms with Crippen LogP contribution in [0, 0.1) is 0 Å². The van der Waals surface area contributed by atoms with Gasteiger partial charge in [0.1, 0.15) is 12.6 Å². The third-order valence-corrected chi connectivity index (χ3v) is 9.82. The molecule has 1 aliphatic carbocycles. The molecule has 1 N–H and O–H groups in total. The van der Waals surface area contributed by atoms with Gasteiger partial charge in [-0.25, -0.2) is 8.42 Å². The average Bonchev–Trinajstić information content (AvgIpc) is 3.45. The van der Waals surface area contributed by atoms with Gasteiger partial charge in [-0.05, 0) is 48.7 Å². The Hall–Kier alpha value is -2.49. The van der Waals surface area contributed by atoms with Crippen LogP contribution in [0.1, 0.15) is 36.8 Å². The Morgan fingerprint density at radius 3 is 2.12 bits per heavy atom. The molecule has 224 valence electrons. The highest BCUT2D eigenvalue weighted by atomic mass is 35.5. The molecule has 12 heteroatoms. The highest BCUT2D eigenvalue weighted by molar-refractivity contribution is 7.92. The van der Waals surface area contributed by atoms with Crippen LogP contribution in [0.25, 0.3) is 0 Å². The monoisotopic (exact) mass is 669 g/mol. The second kappa shape index (κ2) is 14.3. The minimum absolute atomic E-state index is 0.000328. The summed E-state index contributed by atoms with van der Waals surface area (Å²) in [5, 5.41) is 4.12. The lowest BCUT2D eigenvalue weighted by molar-refractivity contribution is -0.140. The van der Waals surface area contributed by atoms with Gasteiger partial charge in [-0.15, -0.1) is 0 Å². The molecule has 7 nitrogen and oxygen atoms in total. The molecule has 4 rings (SSSR count). The van der Waals surface area contributed by atoms with E-state index in [4.69, 9.17) is 46.4 Å². The van der Waals surface area contributed by atoms with Crippen molar-refractivity contribution in [1.29, 1.82) is 0 Å². The van der Waals surface area contributed by atoms with Gasteiger partial charge < -0.3 is 10.2 Å². The lowest BCUT2D eigenvalue weighted by atomic mass is 10.0. The molecule has 1 fully saturated rings. The second-order valence-electron chi connectivity index (χ2n) is 10.3. The van der Waals surface area contributed by atoms with Crippen LogP contribution in [0.2, 0.25) is 20.1 Å². The maximum absolute atomic E-state index is 14.2. The zero-order valence-corrected chi connectivity index (χ0v) is 26.7. The predicted molar refractivity (Wildman–Crippen MR) is 170 cm³/mol. The number of hydrogen-bond acceptors (Lipinski definition) is 4. The first-order chi connectivity index (χ1) is 19.9. The zero-order chi connectivity index (χ0) is 30.4. The standard InChI is InChI=1S/C30H31Cl4N3O4S/c1-42(40,41)37(22-14-15-26(33)27(34)17-22)19-29(38)36(18-23-24(31)12-7-13-25(23)32)28(16-20-8-3-2-4-9-20)30(39)35-21-10-5-6-11-21/h2-4,7-9,12-15,17,21,28H,5-6,10-11,16,18-19H2,1H3,(H,35,39). The number of sulfonamides is 1. The van der Waals surface area contributed by atoms with E-state index in [1.165, 1.54) is 23.1 Å². The summed E-state index contributed by atoms with van der Waals surface area (Å²) in [6.07, 6.45) is 4.92. The molecule has 0 heterocycles. The molecule has 0 saturated heterocycles. The number of carbonyl (C=O) groups is 2. The summed E-state index contributed by atoms with van der Waals surface area (Å²) in [5.41, 5.74) is 1.43. The number of hydrogen-bond donors (Lipinski definition) is 1. The summed E-state index contributed by atoms with van der Waals surface area (Å²) in [6, 6.07) is 17.6. The topological polar surface area (TPSA) is 86.8 Å². The summed E-state index contributed by atoms with van der Waals surface area (Å²) in [5.74, 6) is -0.951. The third kappa shape index (κ3) is 8.32. The molecular weight excluding hydrogens is 640 g/mol. The van der Waals surface area contributed by atoms with Crippen LogP contribution in [-0.4, -0.2) is 50.0 Å². The minimum Gasteiger partial charge on any atom is -0.352 e. The number of nitrogens with one attached hydrogen (secondary N) is 1. The number of benzene rings is 3. The predicted octanol–water partition coefficient (Wildman–Crippen LogP) is 6.77. The van der Waals surface area contributed by atoms with E-state index in [0.717, 1.165) is 41.8 Å². The molecule has 42 heavy (non-hydrogen) atoms. The SMILES string of the molecule is CS(=O)(=O)N(CC(=O)N(Cc1c(Cl)cccc1Cl)C(Cc1ccccc1)C(=O)NC1CCCC1)c1ccc(Cl)c(Cl)c1. The number of halogens is 4. The van der Waals surface area contributed by atoms with Gasteiger partial charge in [-0.3, -0.25) is 13.9 Å². The lowest BCUT2D eigenvalue weighted by Gasteiger charge is -2.34. The molecule has 1 aliphatic rings. The summed E-state index contributed by atoms with van der Waals surface area (Å²) in [4.78, 5) is 29.5. The van der Waals surface area contributed by atoms with Gasteiger partial charge in [-0.2, -0.15) is 0 Å². The smallest absolute Gasteiger partial charge is 0.244 e. The highest BCUT2D eigenvalue weighted by Gasteiger charge is 2.35. The molecule has 2 amide bonds. The second-order valence-corrected chi connectivity index (χ2v) is 13.8. The molecule has 0 bridgehead atoms. The van der Waals surface area contributed by atoms with Gasteiger partial charge in [0, 0.05) is 34.6 Å². The first kappa shape index (κ1) is 32.4. The first-order valence-electron chi connectivity index (χ1n) is 13.4. The van der Waals surface area contributed by atoms with Crippen LogP contribution in [0.3, 0.4) is 0 Å². The van der Waals surface area contributed by atoms with Crippen LogP contribution in [0.4, 0.5) is 5.69 Å². The number of carbonyl (C=O) groups excluding carboxylic acids is 2. The Kier molecular flexibility index (Phi) is 11.1. The fourth-order valence-corrected chi connectivity index (χ4v) is 6.68. The van der Waals surface area contributed by atoms with Gasteiger partial charge in [-0.1, -0.05) is 95.6 Å². The Morgan fingerprint density at radius 1 is 0.881 bits per heavy atom. The van der Waals surface area contributed by atoms with Gasteiger partial charge in [0.2, 0.25) is 21.8 Å². The van der Waals surface area contributed by atoms with E-state index in [2.05, 4.69) is 5.32 Å². The van der Waals surface area contributed by atoms with Gasteiger partial charge in [0.15, 0.2) is 0 Å². The minimum atomic E-state index is -3.96. The lowest BCUT2D eigenvalue weighted by Crippen LogP contribution is -2.54. The summed E-state index contributed by atoms with van der Waals surface area (Å²) >= 11 is 25.3. The van der Waals surface area contributed by atoms with Crippen molar-refractivity contribution >= 4 is 73.9 Å². The van der Waals surface area contributed by atoms with Crippen LogP contribution < -0.4 is 9.62 Å². The van der Waals surface area contributed by atoms with E-state index >= 15 is 0 Å². The van der Waals surface area contributed by atoms with Crippen molar-refractivity contribution in [3.8, 4) is 0 Å². The van der Waals surface area contributed by atoms with E-state index in [-0.39, 0.29) is 40.6 Å². The quantitative estimate of drug-likeness (QED) is 0.244. The van der Waals surface area contributed by atoms with Gasteiger partial charge in [0.25, 0.3) is 0 Å². The maximum Gasteiger partial charge on any atom is 0.244 e. The molecule has 3 aromatic carbocycles. The first-order valence-corrected chi connectivity index (χ1v) is 16.8. The molecule has 1 atom stereocenters. The Labute approximate surface area is 266 Å². The van der Waals surface area contributed by atoms with Gasteiger partial charge in [0.05, 0.1) is 22.0 Å². The van der Waals surface area contributed by atoms with Crippen LogP contribution >= 0.6 is 46.4 Å². The summed E-state index contributed by atoms with van der Waals surface area (Å²) < 4.78 is 26.8. The van der Waals surface area contributed by atoms with E-state index in [9.17, 15) is 18.0 Å². The molecule has 0 aliphatic heterocycles. The van der Waals surface area contributed by atoms with Crippen LogP contribution in [-0.2, 0) is 32.6 Å². The van der Waals surface area contributed by atoms with Crippen molar-refractivity contribution in [3.63, 3.8) is 0 Å². The van der Waals surface area contributed by atoms with Crippen molar-refractivity contribution in [3.05, 3.63) is 97.9 Å². The molecule has 3 aromatic rings. The maximum atomic E-state index is 14.2. The van der Waals surface area contributed by atoms with Crippen molar-refractivity contribution in [1.82, 2.24) is 10.2 Å². The molecule has 0 spiro atoms. The summed E-state index contributed by atoms with van der Waals surface area (Å²) in [7, 11) is -3.96. The molecule has 1 saturated carbocycles. The normalized spacial score (nSPS) is 14.4. The molecule has 0 aromatic heterocycles. The number of amides is 2. The fraction of sp³-hybridized carbons (Fsp3) is 0.333. The van der Waals surface area contributed by atoms with Crippen LogP contribution in [0.15, 0.2) is 66.7 Å². The van der Waals surface area contributed by atoms with Crippen molar-refractivity contribution in [2.75, 3.05) is 17.1 Å². The van der Waals surface area contributed by atoms with E-state index in [1.54, 1.807) is 18.2 Å². The largest absolute Gasteiger partial charge is 0.352 e. The molecule has 0 radical (unpaired) electrons. The molecular formula is C30H31Cl4N3O4S. The van der Waals surface area contributed by atoms with Crippen molar-refractivity contribution in [2.24, 2.45) is 0 Å². The summed E-state index contributed by atoms with van der Waals surface area (Å²) in [6.45, 7) is -0.716. The number of rotatable bonds is 11. The Balaban J connectivity index is 1.77. The van der Waals surface area contributed by atoms with Crippen molar-refractivity contribution < 1.29 is 18.0 Å². The number of anilines is 1. The zero-order valence-electron chi connectivity index (χ0n) is 22.9. The van der Waals surface area contributed by atoms with Crippen LogP contribution in [0.5, 0.6) is 0 Å². The Morgan fingerprint density at radius 2 is 1.52 bits per heavy atom. The Bertz CT molecular complexity index is 1510. The number of nitrogens with zero attached hydrogens (tertiary/aromatic N) is 2. The van der Waals surface area contributed by atoms with E-state index in [0.29, 0.717) is 15.6 Å². The van der Waals surface area contributed by atoms with Gasteiger partial charge >= 0.3 is 0 Å².